The molecule has 0 atom stereocenters. The summed E-state index contributed by atoms with van der Waals surface area (Å²) in [6.07, 6.45) is -0.131. The molecule has 0 unspecified atom stereocenters. The van der Waals surface area contributed by atoms with Crippen molar-refractivity contribution < 1.29 is 91.8 Å². The van der Waals surface area contributed by atoms with E-state index in [0.29, 0.717) is 39.0 Å². The largest absolute Gasteiger partial charge is 0.505 e. The van der Waals surface area contributed by atoms with Crippen molar-refractivity contribution in [1.29, 1.82) is 0 Å². The van der Waals surface area contributed by atoms with Crippen LogP contribution >= 0.6 is 0 Å². The van der Waals surface area contributed by atoms with Crippen LogP contribution < -0.4 is 0 Å². The molecule has 82 heavy (non-hydrogen) atoms. The summed E-state index contributed by atoms with van der Waals surface area (Å²) in [6.45, 7) is 0. The summed E-state index contributed by atoms with van der Waals surface area (Å²) >= 11 is 0. The number of hydrogen-bond donors (Lipinski definition) is 5. The molecule has 0 radical (unpaired) electrons. The SMILES string of the molecule is O=C(Cc1ccc2c(O)c(N=Nc3ccc(N=Nc4ccccc4)cc3S(=O)(=O)O)ccc2c1)Cc1ccc2c(O)c(N=Nc3ccc(N=Nc4ccc(S(=O)(=O)O)cc4)cc3)c(S(=O)(=O)O)cc2c1.O=S(=O)=O.O=S(=O)=O.O=S(=O)=O. The number of Topliss-reactive ketones (excluding diaryl/α,β-unsaturated/α-hetero) is 1. The van der Waals surface area contributed by atoms with Gasteiger partial charge in [-0.15, -0.1) is 53.2 Å². The summed E-state index contributed by atoms with van der Waals surface area (Å²) in [5.74, 6) is -1.11. The van der Waals surface area contributed by atoms with Crippen LogP contribution in [0.5, 0.6) is 11.5 Å². The molecule has 0 aliphatic carbocycles. The maximum Gasteiger partial charge on any atom is 0.425 e. The van der Waals surface area contributed by atoms with Gasteiger partial charge in [0.1, 0.15) is 32.6 Å². The highest BCUT2D eigenvalue weighted by molar-refractivity contribution is 7.86. The summed E-state index contributed by atoms with van der Waals surface area (Å²) in [7, 11) is -23.4. The van der Waals surface area contributed by atoms with Crippen LogP contribution in [0.2, 0.25) is 0 Å². The van der Waals surface area contributed by atoms with Crippen LogP contribution in [0.25, 0.3) is 21.5 Å². The Morgan fingerprint density at radius 2 is 0.780 bits per heavy atom. The standard InChI is InChI=1S/C47H34N8O12S3.3O3S/c56-37(24-28-6-18-39-30(22-28)8-20-42(46(39)57)54-53-41-21-15-36(27-43(41)69(62,63)64)52-48-32-4-2-1-3-5-32)25-29-7-19-40-31(23-29)26-44(70(65,66)67)45(47(40)58)55-51-34-11-9-33(10-12-34)49-50-35-13-16-38(17-14-35)68(59,60)61;3*1-4(2)3/h1-23,26-27,57-58H,24-25H2,(H,59,60,61)(H,62,63,64)(H,65,66,67);;;. The smallest absolute Gasteiger partial charge is 0.425 e. The Kier molecular flexibility index (Phi) is 21.7. The summed E-state index contributed by atoms with van der Waals surface area (Å²) < 4.78 is 177. The second-order valence-electron chi connectivity index (χ2n) is 15.8. The lowest BCUT2D eigenvalue weighted by Crippen LogP contribution is -2.06. The van der Waals surface area contributed by atoms with E-state index in [2.05, 4.69) is 40.9 Å². The van der Waals surface area contributed by atoms with Crippen LogP contribution in [0.3, 0.4) is 0 Å². The van der Waals surface area contributed by atoms with Gasteiger partial charge >= 0.3 is 31.8 Å². The van der Waals surface area contributed by atoms with Crippen molar-refractivity contribution in [3.8, 4) is 11.5 Å². The van der Waals surface area contributed by atoms with Crippen molar-refractivity contribution in [2.45, 2.75) is 27.5 Å². The fourth-order valence-corrected chi connectivity index (χ4v) is 8.71. The summed E-state index contributed by atoms with van der Waals surface area (Å²) in [4.78, 5) is 11.7. The van der Waals surface area contributed by atoms with Crippen molar-refractivity contribution >= 4 is 135 Å². The monoisotopic (exact) mass is 1240 g/mol. The van der Waals surface area contributed by atoms with Gasteiger partial charge in [0.15, 0.2) is 11.5 Å². The molecule has 0 saturated heterocycles. The molecule has 0 heterocycles. The lowest BCUT2D eigenvalue weighted by molar-refractivity contribution is -0.117. The van der Waals surface area contributed by atoms with Gasteiger partial charge in [0.2, 0.25) is 0 Å². The normalized spacial score (nSPS) is 11.6. The lowest BCUT2D eigenvalue weighted by atomic mass is 9.98. The molecule has 8 aromatic carbocycles. The average molecular weight is 1240 g/mol. The zero-order valence-corrected chi connectivity index (χ0v) is 45.5. The average Bonchev–Trinajstić information content (AvgIpc) is 2.54. The number of carbonyl (C=O) groups excluding carboxylic acids is 1. The van der Waals surface area contributed by atoms with Gasteiger partial charge in [-0.1, -0.05) is 60.7 Å². The number of hydrogen-bond acceptors (Lipinski definition) is 26. The maximum atomic E-state index is 13.3. The highest BCUT2D eigenvalue weighted by Gasteiger charge is 2.23. The molecule has 424 valence electrons. The molecule has 29 nitrogen and oxygen atoms in total. The topological polar surface area (TPSA) is 473 Å². The van der Waals surface area contributed by atoms with Crippen molar-refractivity contribution in [2.75, 3.05) is 0 Å². The number of carbonyl (C=O) groups is 1. The van der Waals surface area contributed by atoms with Crippen molar-refractivity contribution in [3.05, 3.63) is 163 Å². The van der Waals surface area contributed by atoms with Gasteiger partial charge in [-0.2, -0.15) is 50.8 Å². The zero-order chi connectivity index (χ0) is 60.5. The number of rotatable bonds is 15. The first-order valence-corrected chi connectivity index (χ1v) is 29.1. The van der Waals surface area contributed by atoms with E-state index in [1.807, 2.05) is 0 Å². The molecule has 35 heteroatoms. The second-order valence-corrected chi connectivity index (χ2v) is 21.3. The number of ketones is 1. The summed E-state index contributed by atoms with van der Waals surface area (Å²) in [6, 6.07) is 37.1. The number of azo groups is 4. The highest BCUT2D eigenvalue weighted by atomic mass is 32.2. The Hall–Kier alpha value is -9.46. The molecular weight excluding hydrogens is 1200 g/mol. The summed E-state index contributed by atoms with van der Waals surface area (Å²) in [5.41, 5.74) is 1.82. The van der Waals surface area contributed by atoms with Crippen molar-refractivity contribution in [3.63, 3.8) is 0 Å². The van der Waals surface area contributed by atoms with Crippen LogP contribution in [0, 0.1) is 0 Å². The second kappa shape index (κ2) is 28.1. The Bertz CT molecular complexity index is 4510. The first-order chi connectivity index (χ1) is 38.5. The maximum absolute atomic E-state index is 13.3. The minimum absolute atomic E-state index is 0.0130. The molecule has 0 aromatic heterocycles. The third-order valence-electron chi connectivity index (χ3n) is 10.3. The Labute approximate surface area is 466 Å². The predicted molar refractivity (Wildman–Crippen MR) is 285 cm³/mol. The van der Waals surface area contributed by atoms with Crippen LogP contribution in [0.4, 0.5) is 45.5 Å². The zero-order valence-electron chi connectivity index (χ0n) is 40.6. The fourth-order valence-electron chi connectivity index (χ4n) is 6.93. The van der Waals surface area contributed by atoms with Crippen molar-refractivity contribution in [2.24, 2.45) is 40.9 Å². The minimum Gasteiger partial charge on any atom is -0.505 e. The Morgan fingerprint density at radius 1 is 0.378 bits per heavy atom. The van der Waals surface area contributed by atoms with Gasteiger partial charge in [-0.3, -0.25) is 18.5 Å². The predicted octanol–water partition coefficient (Wildman–Crippen LogP) is 9.15. The Morgan fingerprint density at radius 3 is 1.27 bits per heavy atom. The molecule has 8 rings (SSSR count). The number of phenols is 2. The minimum atomic E-state index is -4.96. The van der Waals surface area contributed by atoms with E-state index in [4.69, 9.17) is 42.4 Å². The van der Waals surface area contributed by atoms with E-state index in [-0.39, 0.29) is 62.8 Å². The fraction of sp³-hybridized carbons (Fsp3) is 0.0426. The number of nitrogens with zero attached hydrogens (tertiary/aromatic N) is 8. The van der Waals surface area contributed by atoms with Gasteiger partial charge in [0.25, 0.3) is 30.4 Å². The number of aromatic hydroxyl groups is 2. The highest BCUT2D eigenvalue weighted by Crippen LogP contribution is 2.42. The van der Waals surface area contributed by atoms with Crippen molar-refractivity contribution in [1.82, 2.24) is 0 Å². The van der Waals surface area contributed by atoms with Gasteiger partial charge < -0.3 is 10.2 Å². The molecule has 5 N–H and O–H groups in total. The number of fused-ring (bicyclic) bond motifs is 2. The molecule has 0 saturated carbocycles. The Balaban J connectivity index is 0.000000936. The van der Waals surface area contributed by atoms with Gasteiger partial charge in [-0.05, 0) is 113 Å². The molecule has 8 aromatic rings. The molecule has 0 fully saturated rings. The number of phenolic OH excluding ortho intramolecular Hbond substituents is 2. The molecule has 0 bridgehead atoms. The van der Waals surface area contributed by atoms with E-state index in [0.717, 1.165) is 24.3 Å². The van der Waals surface area contributed by atoms with E-state index in [9.17, 15) is 49.4 Å². The molecule has 0 aliphatic rings. The molecular formula is C47H34N8O21S6. The quantitative estimate of drug-likeness (QED) is 0.0471. The van der Waals surface area contributed by atoms with Crippen LogP contribution in [0.1, 0.15) is 11.1 Å². The van der Waals surface area contributed by atoms with Gasteiger partial charge in [0.05, 0.1) is 33.3 Å². The first-order valence-electron chi connectivity index (χ1n) is 21.8. The van der Waals surface area contributed by atoms with E-state index < -0.39 is 83.4 Å². The van der Waals surface area contributed by atoms with E-state index in [1.165, 1.54) is 66.7 Å². The van der Waals surface area contributed by atoms with E-state index >= 15 is 0 Å². The molecule has 0 amide bonds. The third-order valence-corrected chi connectivity index (χ3v) is 12.9. The van der Waals surface area contributed by atoms with Gasteiger partial charge in [0, 0.05) is 23.6 Å². The lowest BCUT2D eigenvalue weighted by Gasteiger charge is -2.10. The summed E-state index contributed by atoms with van der Waals surface area (Å²) in [5, 5.41) is 55.6. The third kappa shape index (κ3) is 19.4. The first kappa shape index (κ1) is 63.4. The van der Waals surface area contributed by atoms with Crippen LogP contribution in [-0.2, 0) is 79.8 Å². The number of benzene rings is 8. The molecule has 0 aliphatic heterocycles. The van der Waals surface area contributed by atoms with E-state index in [1.54, 1.807) is 60.7 Å². The molecule has 0 spiro atoms. The van der Waals surface area contributed by atoms with Crippen LogP contribution in [0.15, 0.2) is 207 Å². The van der Waals surface area contributed by atoms with Crippen LogP contribution in [-0.4, -0.2) is 92.8 Å². The van der Waals surface area contributed by atoms with Gasteiger partial charge in [-0.25, -0.2) is 0 Å².